The Bertz CT molecular complexity index is 666. The first-order valence-electron chi connectivity index (χ1n) is 9.83. The van der Waals surface area contributed by atoms with Gasteiger partial charge in [-0.3, -0.25) is 0 Å². The number of amides is 1. The summed E-state index contributed by atoms with van der Waals surface area (Å²) in [5.41, 5.74) is 0.0877. The molecule has 7 heteroatoms. The zero-order valence-electron chi connectivity index (χ0n) is 16.8. The van der Waals surface area contributed by atoms with Crippen LogP contribution in [0.15, 0.2) is 23.0 Å². The van der Waals surface area contributed by atoms with Crippen molar-refractivity contribution in [1.29, 1.82) is 0 Å². The molecule has 1 saturated carbocycles. The van der Waals surface area contributed by atoms with E-state index in [1.807, 2.05) is 46.8 Å². The number of hydrogen-bond acceptors (Lipinski definition) is 4. The van der Waals surface area contributed by atoms with E-state index < -0.39 is 5.69 Å². The summed E-state index contributed by atoms with van der Waals surface area (Å²) >= 11 is 0. The molecule has 0 aromatic carbocycles. The van der Waals surface area contributed by atoms with Crippen molar-refractivity contribution in [3.63, 3.8) is 0 Å². The summed E-state index contributed by atoms with van der Waals surface area (Å²) in [5, 5.41) is 7.68. The molecule has 1 amide bonds. The van der Waals surface area contributed by atoms with Crippen molar-refractivity contribution in [3.8, 4) is 0 Å². The van der Waals surface area contributed by atoms with Crippen molar-refractivity contribution in [2.75, 3.05) is 6.54 Å². The lowest BCUT2D eigenvalue weighted by molar-refractivity contribution is 0.157. The van der Waals surface area contributed by atoms with Crippen LogP contribution in [-0.4, -0.2) is 43.3 Å². The number of aromatic nitrogens is 4. The van der Waals surface area contributed by atoms with Crippen molar-refractivity contribution in [2.45, 2.75) is 79.2 Å². The molecule has 0 bridgehead atoms. The zero-order valence-corrected chi connectivity index (χ0v) is 16.8. The lowest BCUT2D eigenvalue weighted by Crippen LogP contribution is -2.47. The molecule has 0 aliphatic heterocycles. The van der Waals surface area contributed by atoms with E-state index in [9.17, 15) is 9.59 Å². The van der Waals surface area contributed by atoms with Gasteiger partial charge < -0.3 is 4.90 Å². The minimum absolute atomic E-state index is 0.189. The van der Waals surface area contributed by atoms with Gasteiger partial charge in [-0.25, -0.2) is 9.59 Å². The molecule has 7 nitrogen and oxygen atoms in total. The minimum atomic E-state index is -0.525. The fraction of sp³-hybridized carbons (Fsp3) is 0.684. The van der Waals surface area contributed by atoms with Crippen LogP contribution >= 0.6 is 0 Å². The summed E-state index contributed by atoms with van der Waals surface area (Å²) in [6.45, 7) is 10.3. The second-order valence-electron chi connectivity index (χ2n) is 5.97. The van der Waals surface area contributed by atoms with E-state index >= 15 is 0 Å². The first kappa shape index (κ1) is 21.9. The predicted octanol–water partition coefficient (Wildman–Crippen LogP) is 3.92. The van der Waals surface area contributed by atoms with Gasteiger partial charge in [0, 0.05) is 12.6 Å². The number of carbonyl (C=O) groups excluding carboxylic acids is 1. The van der Waals surface area contributed by atoms with E-state index in [0.29, 0.717) is 12.2 Å². The standard InChI is InChI=1S/C17H27N5O2.C2H6/c1-4-7-11-14(5-2)21-17(24)22(19-18-21)16(23)20(6-3)15-12-9-8-10-13-15;1-2/h5,7,11,15H,4,6,8-10,12-13H2,1-3H3;1-2H3/b11-7-,14-5+;. The molecule has 0 unspecified atom stereocenters. The van der Waals surface area contributed by atoms with Crippen molar-refractivity contribution in [2.24, 2.45) is 0 Å². The molecular weight excluding hydrogens is 330 g/mol. The van der Waals surface area contributed by atoms with E-state index in [1.165, 1.54) is 11.1 Å². The highest BCUT2D eigenvalue weighted by Gasteiger charge is 2.27. The number of allylic oxidation sites excluding steroid dienone is 4. The number of rotatable bonds is 5. The summed E-state index contributed by atoms with van der Waals surface area (Å²) in [7, 11) is 0. The maximum Gasteiger partial charge on any atom is 0.377 e. The zero-order chi connectivity index (χ0) is 19.5. The first-order valence-corrected chi connectivity index (χ1v) is 9.83. The molecule has 1 heterocycles. The third kappa shape index (κ3) is 5.16. The molecule has 0 radical (unpaired) electrons. The topological polar surface area (TPSA) is 73.0 Å². The Hall–Kier alpha value is -2.18. The fourth-order valence-electron chi connectivity index (χ4n) is 3.12. The number of tetrazole rings is 1. The maximum absolute atomic E-state index is 12.8. The molecule has 1 aliphatic rings. The summed E-state index contributed by atoms with van der Waals surface area (Å²) in [6.07, 6.45) is 11.8. The third-order valence-electron chi connectivity index (χ3n) is 4.43. The second-order valence-corrected chi connectivity index (χ2v) is 5.97. The Balaban J connectivity index is 0.00000163. The Morgan fingerprint density at radius 3 is 2.31 bits per heavy atom. The molecule has 0 N–H and O–H groups in total. The molecule has 0 saturated heterocycles. The molecule has 26 heavy (non-hydrogen) atoms. The van der Waals surface area contributed by atoms with Crippen LogP contribution in [0.5, 0.6) is 0 Å². The van der Waals surface area contributed by atoms with E-state index in [1.54, 1.807) is 11.0 Å². The Morgan fingerprint density at radius 2 is 1.77 bits per heavy atom. The number of nitrogens with zero attached hydrogens (tertiary/aromatic N) is 5. The summed E-state index contributed by atoms with van der Waals surface area (Å²) in [5.74, 6) is 0. The fourth-order valence-corrected chi connectivity index (χ4v) is 3.12. The van der Waals surface area contributed by atoms with Gasteiger partial charge in [0.1, 0.15) is 0 Å². The Morgan fingerprint density at radius 1 is 1.15 bits per heavy atom. The highest BCUT2D eigenvalue weighted by molar-refractivity contribution is 5.76. The first-order chi connectivity index (χ1) is 12.6. The van der Waals surface area contributed by atoms with Gasteiger partial charge in [0.15, 0.2) is 0 Å². The Kier molecular flexibility index (Phi) is 9.62. The van der Waals surface area contributed by atoms with Gasteiger partial charge in [0.25, 0.3) is 0 Å². The van der Waals surface area contributed by atoms with E-state index in [-0.39, 0.29) is 12.1 Å². The molecule has 0 spiro atoms. The average Bonchev–Trinajstić information content (AvgIpc) is 3.07. The second kappa shape index (κ2) is 11.4. The minimum Gasteiger partial charge on any atom is -0.320 e. The third-order valence-corrected chi connectivity index (χ3v) is 4.43. The molecule has 0 atom stereocenters. The van der Waals surface area contributed by atoms with Gasteiger partial charge in [0.2, 0.25) is 0 Å². The van der Waals surface area contributed by atoms with Crippen LogP contribution in [0.4, 0.5) is 4.79 Å². The van der Waals surface area contributed by atoms with Crippen LogP contribution in [0.1, 0.15) is 73.1 Å². The molecule has 1 aromatic rings. The summed E-state index contributed by atoms with van der Waals surface area (Å²) in [6, 6.07) is -0.190. The molecule has 1 fully saturated rings. The lowest BCUT2D eigenvalue weighted by Gasteiger charge is -2.32. The molecule has 2 rings (SSSR count). The summed E-state index contributed by atoms with van der Waals surface area (Å²) < 4.78 is 2.04. The quantitative estimate of drug-likeness (QED) is 0.587. The van der Waals surface area contributed by atoms with Crippen molar-refractivity contribution >= 4 is 11.7 Å². The highest BCUT2D eigenvalue weighted by Crippen LogP contribution is 2.22. The summed E-state index contributed by atoms with van der Waals surface area (Å²) in [4.78, 5) is 27.1. The van der Waals surface area contributed by atoms with Crippen LogP contribution in [0.2, 0.25) is 0 Å². The molecule has 1 aromatic heterocycles. The van der Waals surface area contributed by atoms with E-state index in [4.69, 9.17) is 0 Å². The number of carbonyl (C=O) groups is 1. The lowest BCUT2D eigenvalue weighted by atomic mass is 9.94. The number of hydrogen-bond donors (Lipinski definition) is 0. The SMILES string of the molecule is C/C=C(\C=C/CC)n1nnn(C(=O)N(CC)C2CCCCC2)c1=O.CC. The smallest absolute Gasteiger partial charge is 0.320 e. The van der Waals surface area contributed by atoms with Crippen LogP contribution < -0.4 is 5.69 Å². The van der Waals surface area contributed by atoms with Gasteiger partial charge in [-0.15, -0.1) is 4.68 Å². The van der Waals surface area contributed by atoms with Crippen LogP contribution in [0.25, 0.3) is 5.70 Å². The highest BCUT2D eigenvalue weighted by atomic mass is 16.2. The van der Waals surface area contributed by atoms with Crippen molar-refractivity contribution in [3.05, 3.63) is 28.7 Å². The Labute approximate surface area is 156 Å². The van der Waals surface area contributed by atoms with Crippen molar-refractivity contribution < 1.29 is 4.79 Å². The van der Waals surface area contributed by atoms with Gasteiger partial charge >= 0.3 is 11.7 Å². The normalized spacial score (nSPS) is 15.7. The van der Waals surface area contributed by atoms with E-state index in [2.05, 4.69) is 10.4 Å². The van der Waals surface area contributed by atoms with Crippen LogP contribution in [0.3, 0.4) is 0 Å². The van der Waals surface area contributed by atoms with Gasteiger partial charge in [-0.2, -0.15) is 4.68 Å². The molecule has 1 aliphatic carbocycles. The van der Waals surface area contributed by atoms with Crippen LogP contribution in [-0.2, 0) is 0 Å². The largest absolute Gasteiger partial charge is 0.377 e. The predicted molar refractivity (Wildman–Crippen MR) is 105 cm³/mol. The average molecular weight is 364 g/mol. The van der Waals surface area contributed by atoms with Gasteiger partial charge in [-0.05, 0) is 49.6 Å². The van der Waals surface area contributed by atoms with Crippen LogP contribution in [0, 0.1) is 0 Å². The van der Waals surface area contributed by atoms with E-state index in [0.717, 1.165) is 36.8 Å². The van der Waals surface area contributed by atoms with Gasteiger partial charge in [-0.1, -0.05) is 52.2 Å². The molecular formula is C19H33N5O2. The van der Waals surface area contributed by atoms with Gasteiger partial charge in [0.05, 0.1) is 5.70 Å². The van der Waals surface area contributed by atoms with Crippen molar-refractivity contribution in [1.82, 2.24) is 24.7 Å². The monoisotopic (exact) mass is 363 g/mol. The molecule has 146 valence electrons. The maximum atomic E-state index is 12.8.